The molecule has 0 rings (SSSR count). The molecule has 0 saturated heterocycles. The summed E-state index contributed by atoms with van der Waals surface area (Å²) in [7, 11) is -2.84. The summed E-state index contributed by atoms with van der Waals surface area (Å²) in [5, 5.41) is 0. The van der Waals surface area contributed by atoms with Gasteiger partial charge in [0.15, 0.2) is 0 Å². The van der Waals surface area contributed by atoms with Crippen molar-refractivity contribution >= 4 is 8.80 Å². The van der Waals surface area contributed by atoms with Crippen molar-refractivity contribution in [3.8, 4) is 0 Å². The van der Waals surface area contributed by atoms with Crippen molar-refractivity contribution in [2.45, 2.75) is 64.3 Å². The first-order chi connectivity index (χ1) is 18.7. The van der Waals surface area contributed by atoms with Gasteiger partial charge in [-0.3, -0.25) is 0 Å². The molecule has 0 saturated carbocycles. The smallest absolute Gasteiger partial charge is 0.375 e. The molecule has 0 spiro atoms. The molecule has 0 bridgehead atoms. The van der Waals surface area contributed by atoms with E-state index in [0.29, 0.717) is 59.5 Å². The van der Waals surface area contributed by atoms with Gasteiger partial charge in [0.05, 0.1) is 59.5 Å². The van der Waals surface area contributed by atoms with E-state index in [0.717, 1.165) is 57.8 Å². The second kappa shape index (κ2) is 30.0. The summed E-state index contributed by atoms with van der Waals surface area (Å²) >= 11 is 0. The molecule has 7 heteroatoms. The fourth-order valence-corrected chi connectivity index (χ4v) is 4.75. The van der Waals surface area contributed by atoms with Crippen LogP contribution < -0.4 is 0 Å². The van der Waals surface area contributed by atoms with E-state index in [4.69, 9.17) is 27.5 Å². The van der Waals surface area contributed by atoms with E-state index < -0.39 is 8.80 Å². The lowest BCUT2D eigenvalue weighted by Crippen LogP contribution is -2.45. The fraction of sp³-hybridized carbons (Fsp3) is 0.613. The van der Waals surface area contributed by atoms with E-state index in [2.05, 4.69) is 38.0 Å². The van der Waals surface area contributed by atoms with Crippen LogP contribution in [0.5, 0.6) is 0 Å². The Morgan fingerprint density at radius 2 is 0.763 bits per heavy atom. The lowest BCUT2D eigenvalue weighted by molar-refractivity contribution is 0.0110. The van der Waals surface area contributed by atoms with Crippen molar-refractivity contribution in [2.75, 3.05) is 59.5 Å². The highest BCUT2D eigenvalue weighted by atomic mass is 28.4. The molecule has 0 fully saturated rings. The SMILES string of the molecule is C=CCCCC=CCOCCO[Si](C)(OCCOCC=CCCCC=C)OCCOCC=CCCCC=C. The molecule has 0 aliphatic rings. The molecular weight excluding hydrogens is 496 g/mol. The molecule has 0 aromatic heterocycles. The molecule has 218 valence electrons. The molecule has 6 nitrogen and oxygen atoms in total. The van der Waals surface area contributed by atoms with Crippen molar-refractivity contribution < 1.29 is 27.5 Å². The van der Waals surface area contributed by atoms with Gasteiger partial charge >= 0.3 is 8.80 Å². The Labute approximate surface area is 234 Å². The van der Waals surface area contributed by atoms with Gasteiger partial charge in [-0.2, -0.15) is 0 Å². The van der Waals surface area contributed by atoms with Crippen LogP contribution in [-0.4, -0.2) is 68.3 Å². The molecule has 0 heterocycles. The van der Waals surface area contributed by atoms with Gasteiger partial charge in [0.1, 0.15) is 0 Å². The van der Waals surface area contributed by atoms with Gasteiger partial charge in [-0.15, -0.1) is 19.7 Å². The Kier molecular flexibility index (Phi) is 28.7. The third kappa shape index (κ3) is 27.5. The minimum absolute atomic E-state index is 0.412. The third-order valence-corrected chi connectivity index (χ3v) is 7.44. The normalized spacial score (nSPS) is 13.5. The Morgan fingerprint density at radius 1 is 0.447 bits per heavy atom. The summed E-state index contributed by atoms with van der Waals surface area (Å²) < 4.78 is 35.0. The largest absolute Gasteiger partial charge is 0.497 e. The molecule has 0 radical (unpaired) electrons. The first-order valence-corrected chi connectivity index (χ1v) is 16.3. The van der Waals surface area contributed by atoms with Crippen LogP contribution >= 0.6 is 0 Å². The van der Waals surface area contributed by atoms with Crippen molar-refractivity contribution in [2.24, 2.45) is 0 Å². The van der Waals surface area contributed by atoms with Crippen molar-refractivity contribution in [3.63, 3.8) is 0 Å². The van der Waals surface area contributed by atoms with Crippen molar-refractivity contribution in [1.29, 1.82) is 0 Å². The van der Waals surface area contributed by atoms with E-state index in [1.54, 1.807) is 0 Å². The van der Waals surface area contributed by atoms with E-state index in [-0.39, 0.29) is 0 Å². The molecule has 0 atom stereocenters. The van der Waals surface area contributed by atoms with Gasteiger partial charge in [-0.1, -0.05) is 54.7 Å². The minimum atomic E-state index is -2.84. The maximum absolute atomic E-state index is 6.03. The first kappa shape index (κ1) is 36.4. The molecule has 0 aliphatic carbocycles. The lowest BCUT2D eigenvalue weighted by atomic mass is 10.2. The fourth-order valence-electron chi connectivity index (χ4n) is 3.13. The van der Waals surface area contributed by atoms with Gasteiger partial charge < -0.3 is 27.5 Å². The summed E-state index contributed by atoms with van der Waals surface area (Å²) in [6.07, 6.45) is 28.0. The van der Waals surface area contributed by atoms with Gasteiger partial charge in [0.25, 0.3) is 0 Å². The maximum atomic E-state index is 6.03. The van der Waals surface area contributed by atoms with E-state index in [1.807, 2.05) is 43.0 Å². The predicted octanol–water partition coefficient (Wildman–Crippen LogP) is 7.39. The summed E-state index contributed by atoms with van der Waals surface area (Å²) in [5.41, 5.74) is 0. The van der Waals surface area contributed by atoms with Crippen LogP contribution in [0.4, 0.5) is 0 Å². The molecular formula is C31H54O6Si. The summed E-state index contributed by atoms with van der Waals surface area (Å²) in [4.78, 5) is 0. The van der Waals surface area contributed by atoms with Crippen LogP contribution in [-0.2, 0) is 27.5 Å². The van der Waals surface area contributed by atoms with Gasteiger partial charge in [0.2, 0.25) is 0 Å². The minimum Gasteiger partial charge on any atom is -0.375 e. The Bertz CT molecular complexity index is 548. The molecule has 38 heavy (non-hydrogen) atoms. The van der Waals surface area contributed by atoms with Gasteiger partial charge in [-0.05, 0) is 57.8 Å². The molecule has 0 unspecified atom stereocenters. The number of rotatable bonds is 30. The number of unbranched alkanes of at least 4 members (excludes halogenated alkanes) is 6. The first-order valence-electron chi connectivity index (χ1n) is 14.1. The quantitative estimate of drug-likeness (QED) is 0.0528. The third-order valence-electron chi connectivity index (χ3n) is 5.26. The zero-order valence-corrected chi connectivity index (χ0v) is 25.0. The average Bonchev–Trinajstić information content (AvgIpc) is 2.92. The average molecular weight is 551 g/mol. The van der Waals surface area contributed by atoms with Crippen LogP contribution in [0.2, 0.25) is 6.55 Å². The zero-order valence-electron chi connectivity index (χ0n) is 24.0. The monoisotopic (exact) mass is 550 g/mol. The maximum Gasteiger partial charge on any atom is 0.497 e. The zero-order chi connectivity index (χ0) is 27.8. The lowest BCUT2D eigenvalue weighted by Gasteiger charge is -2.26. The highest BCUT2D eigenvalue weighted by Crippen LogP contribution is 2.10. The predicted molar refractivity (Wildman–Crippen MR) is 161 cm³/mol. The highest BCUT2D eigenvalue weighted by Gasteiger charge is 2.34. The van der Waals surface area contributed by atoms with Crippen molar-refractivity contribution in [3.05, 3.63) is 74.4 Å². The van der Waals surface area contributed by atoms with Crippen LogP contribution in [0, 0.1) is 0 Å². The van der Waals surface area contributed by atoms with Crippen LogP contribution in [0.15, 0.2) is 74.4 Å². The molecule has 0 amide bonds. The number of ether oxygens (including phenoxy) is 3. The molecule has 0 aromatic carbocycles. The van der Waals surface area contributed by atoms with E-state index in [1.165, 1.54) is 0 Å². The van der Waals surface area contributed by atoms with Crippen LogP contribution in [0.25, 0.3) is 0 Å². The van der Waals surface area contributed by atoms with Gasteiger partial charge in [0, 0.05) is 6.55 Å². The molecule has 0 N–H and O–H groups in total. The topological polar surface area (TPSA) is 55.4 Å². The summed E-state index contributed by atoms with van der Waals surface area (Å²) in [6.45, 7) is 17.5. The molecule has 0 aliphatic heterocycles. The second-order valence-corrected chi connectivity index (χ2v) is 11.3. The standard InChI is InChI=1S/C31H54O6Si/c1-5-8-11-14-17-20-23-32-26-29-35-38(4,36-30-27-33-24-21-18-15-12-9-6-2)37-31-28-34-25-22-19-16-13-10-7-3/h5-7,17-22H,1-3,8-16,23-31H2,4H3. The second-order valence-electron chi connectivity index (χ2n) is 8.71. The van der Waals surface area contributed by atoms with Crippen molar-refractivity contribution in [1.82, 2.24) is 0 Å². The Hall–Kier alpha value is -1.58. The molecule has 0 aromatic rings. The van der Waals surface area contributed by atoms with Crippen LogP contribution in [0.1, 0.15) is 57.8 Å². The Balaban J connectivity index is 4.24. The Morgan fingerprint density at radius 3 is 1.05 bits per heavy atom. The van der Waals surface area contributed by atoms with E-state index in [9.17, 15) is 0 Å². The summed E-state index contributed by atoms with van der Waals surface area (Å²) in [6, 6.07) is 0. The summed E-state index contributed by atoms with van der Waals surface area (Å²) in [5.74, 6) is 0. The van der Waals surface area contributed by atoms with Gasteiger partial charge in [-0.25, -0.2) is 0 Å². The highest BCUT2D eigenvalue weighted by molar-refractivity contribution is 6.59. The number of allylic oxidation sites excluding steroid dienone is 6. The number of hydrogen-bond acceptors (Lipinski definition) is 6. The van der Waals surface area contributed by atoms with Crippen LogP contribution in [0.3, 0.4) is 0 Å². The van der Waals surface area contributed by atoms with E-state index >= 15 is 0 Å². The number of hydrogen-bond donors (Lipinski definition) is 0.